The summed E-state index contributed by atoms with van der Waals surface area (Å²) < 4.78 is 11.1. The van der Waals surface area contributed by atoms with Crippen molar-refractivity contribution < 1.29 is 30.0 Å². The van der Waals surface area contributed by atoms with Crippen molar-refractivity contribution >= 4 is 11.8 Å². The molecule has 0 radical (unpaired) electrons. The molecule has 0 unspecified atom stereocenters. The van der Waals surface area contributed by atoms with E-state index in [2.05, 4.69) is 5.73 Å². The van der Waals surface area contributed by atoms with Gasteiger partial charge in [0.15, 0.2) is 6.04 Å². The van der Waals surface area contributed by atoms with Crippen molar-refractivity contribution in [2.45, 2.75) is 25.3 Å². The lowest BCUT2D eigenvalue weighted by Crippen LogP contribution is -2.69. The molecule has 5 N–H and O–H groups in total. The van der Waals surface area contributed by atoms with Gasteiger partial charge in [0, 0.05) is 25.9 Å². The summed E-state index contributed by atoms with van der Waals surface area (Å²) in [5.74, 6) is 1.05. The van der Waals surface area contributed by atoms with Gasteiger partial charge in [0.05, 0.1) is 13.2 Å². The Morgan fingerprint density at radius 3 is 2.17 bits per heavy atom. The highest BCUT2D eigenvalue weighted by atomic mass is 16.5. The summed E-state index contributed by atoms with van der Waals surface area (Å²) in [5.41, 5.74) is 7.67. The highest BCUT2D eigenvalue weighted by Gasteiger charge is 2.25. The zero-order valence-corrected chi connectivity index (χ0v) is 16.9. The molecule has 1 atom stereocenters. The quantitative estimate of drug-likeness (QED) is 0.439. The van der Waals surface area contributed by atoms with E-state index in [0.29, 0.717) is 50.6 Å². The van der Waals surface area contributed by atoms with Crippen LogP contribution in [0.15, 0.2) is 48.5 Å². The van der Waals surface area contributed by atoms with Gasteiger partial charge < -0.3 is 20.1 Å². The van der Waals surface area contributed by atoms with E-state index in [1.54, 1.807) is 5.48 Å². The largest absolute Gasteiger partial charge is 0.457 e. The Morgan fingerprint density at radius 1 is 1.03 bits per heavy atom. The molecule has 8 heteroatoms. The molecule has 30 heavy (non-hydrogen) atoms. The van der Waals surface area contributed by atoms with Gasteiger partial charge >= 0.3 is 0 Å². The first-order chi connectivity index (χ1) is 14.5. The third-order valence-corrected chi connectivity index (χ3v) is 5.00. The van der Waals surface area contributed by atoms with Crippen LogP contribution in [-0.2, 0) is 27.2 Å². The summed E-state index contributed by atoms with van der Waals surface area (Å²) >= 11 is 0. The molecule has 2 amide bonds. The number of carbonyl (C=O) groups excluding carboxylic acids is 2. The van der Waals surface area contributed by atoms with Crippen molar-refractivity contribution in [1.29, 1.82) is 0 Å². The fourth-order valence-electron chi connectivity index (χ4n) is 3.28. The van der Waals surface area contributed by atoms with Crippen LogP contribution in [-0.4, -0.2) is 54.3 Å². The van der Waals surface area contributed by atoms with Crippen LogP contribution in [0.5, 0.6) is 11.5 Å². The molecule has 0 bridgehead atoms. The minimum Gasteiger partial charge on any atom is -0.457 e. The van der Waals surface area contributed by atoms with E-state index in [9.17, 15) is 9.59 Å². The van der Waals surface area contributed by atoms with Crippen LogP contribution in [0.4, 0.5) is 0 Å². The fourth-order valence-corrected chi connectivity index (χ4v) is 3.28. The van der Waals surface area contributed by atoms with Crippen LogP contribution in [0.2, 0.25) is 0 Å². The van der Waals surface area contributed by atoms with Gasteiger partial charge in [0.25, 0.3) is 5.91 Å². The fraction of sp³-hybridized carbons (Fsp3) is 0.364. The molecule has 0 spiro atoms. The van der Waals surface area contributed by atoms with Gasteiger partial charge in [-0.2, -0.15) is 0 Å². The second-order valence-corrected chi connectivity index (χ2v) is 7.26. The molecule has 3 rings (SSSR count). The lowest BCUT2D eigenvalue weighted by atomic mass is 10.1. The van der Waals surface area contributed by atoms with Crippen LogP contribution in [0, 0.1) is 0 Å². The molecule has 1 heterocycles. The number of nitrogens with one attached hydrogen (secondary N) is 1. The summed E-state index contributed by atoms with van der Waals surface area (Å²) in [6.45, 7) is 2.43. The second kappa shape index (κ2) is 10.7. The van der Waals surface area contributed by atoms with E-state index in [1.807, 2.05) is 53.4 Å². The van der Waals surface area contributed by atoms with Gasteiger partial charge in [-0.1, -0.05) is 24.3 Å². The first-order valence-corrected chi connectivity index (χ1v) is 10.0. The zero-order valence-electron chi connectivity index (χ0n) is 16.9. The maximum atomic E-state index is 12.5. The van der Waals surface area contributed by atoms with Crippen molar-refractivity contribution in [3.63, 3.8) is 0 Å². The Hall–Kier alpha value is -2.94. The van der Waals surface area contributed by atoms with Crippen LogP contribution in [0.1, 0.15) is 17.5 Å². The SMILES string of the molecule is [NH3+][C@@H](Cc1ccc(Oc2ccc(CCC(=O)NO)cc2)cc1)C(=O)N1CCOCC1. The molecule has 2 aromatic rings. The molecular weight excluding hydrogens is 386 g/mol. The van der Waals surface area contributed by atoms with Crippen molar-refractivity contribution in [1.82, 2.24) is 10.4 Å². The molecule has 1 fully saturated rings. The maximum Gasteiger partial charge on any atom is 0.281 e. The minimum absolute atomic E-state index is 0.0650. The number of quaternary nitrogens is 1. The summed E-state index contributed by atoms with van der Waals surface area (Å²) in [7, 11) is 0. The predicted molar refractivity (Wildman–Crippen MR) is 109 cm³/mol. The van der Waals surface area contributed by atoms with Gasteiger partial charge in [-0.05, 0) is 41.8 Å². The Kier molecular flexibility index (Phi) is 7.78. The number of amides is 2. The summed E-state index contributed by atoms with van der Waals surface area (Å²) in [6.07, 6.45) is 1.34. The van der Waals surface area contributed by atoms with E-state index < -0.39 is 5.91 Å². The lowest BCUT2D eigenvalue weighted by Gasteiger charge is -2.27. The highest BCUT2D eigenvalue weighted by molar-refractivity contribution is 5.80. The molecule has 0 aromatic heterocycles. The Bertz CT molecular complexity index is 833. The number of aryl methyl sites for hydroxylation is 1. The standard InChI is InChI=1S/C22H27N3O5/c23-20(22(27)25-11-13-29-14-12-25)15-17-3-8-19(9-4-17)30-18-6-1-16(2-7-18)5-10-21(26)24-28/h1-4,6-9,20,28H,5,10-15,23H2,(H,24,26)/p+1/t20-/m0/s1. The minimum atomic E-state index is -0.411. The monoisotopic (exact) mass is 414 g/mol. The van der Waals surface area contributed by atoms with Gasteiger partial charge in [-0.25, -0.2) is 5.48 Å². The van der Waals surface area contributed by atoms with Crippen molar-refractivity contribution in [2.75, 3.05) is 26.3 Å². The van der Waals surface area contributed by atoms with Gasteiger partial charge in [-0.15, -0.1) is 0 Å². The zero-order chi connectivity index (χ0) is 21.3. The van der Waals surface area contributed by atoms with E-state index in [1.165, 1.54) is 0 Å². The predicted octanol–water partition coefficient (Wildman–Crippen LogP) is 0.929. The van der Waals surface area contributed by atoms with Crippen LogP contribution >= 0.6 is 0 Å². The third kappa shape index (κ3) is 6.28. The molecular formula is C22H28N3O5+. The summed E-state index contributed by atoms with van der Waals surface area (Å²) in [4.78, 5) is 25.4. The first kappa shape index (κ1) is 21.8. The first-order valence-electron chi connectivity index (χ1n) is 10.0. The number of morpholine rings is 1. The Morgan fingerprint density at radius 2 is 1.60 bits per heavy atom. The van der Waals surface area contributed by atoms with Gasteiger partial charge in [0.2, 0.25) is 5.91 Å². The third-order valence-electron chi connectivity index (χ3n) is 5.00. The number of rotatable bonds is 8. The number of benzene rings is 2. The molecule has 1 aliphatic rings. The van der Waals surface area contributed by atoms with E-state index in [4.69, 9.17) is 14.7 Å². The number of ether oxygens (including phenoxy) is 2. The summed E-state index contributed by atoms with van der Waals surface area (Å²) in [6, 6.07) is 14.8. The van der Waals surface area contributed by atoms with Gasteiger partial charge in [-0.3, -0.25) is 14.8 Å². The molecule has 1 saturated heterocycles. The second-order valence-electron chi connectivity index (χ2n) is 7.26. The van der Waals surface area contributed by atoms with Crippen LogP contribution < -0.4 is 16.0 Å². The van der Waals surface area contributed by atoms with Crippen molar-refractivity contribution in [2.24, 2.45) is 0 Å². The number of hydrogen-bond acceptors (Lipinski definition) is 5. The van der Waals surface area contributed by atoms with Crippen molar-refractivity contribution in [3.05, 3.63) is 59.7 Å². The number of carbonyl (C=O) groups is 2. The Labute approximate surface area is 175 Å². The molecule has 0 saturated carbocycles. The number of hydroxylamine groups is 1. The molecule has 160 valence electrons. The highest BCUT2D eigenvalue weighted by Crippen LogP contribution is 2.23. The van der Waals surface area contributed by atoms with E-state index in [0.717, 1.165) is 11.1 Å². The topological polar surface area (TPSA) is 116 Å². The maximum absolute atomic E-state index is 12.5. The van der Waals surface area contributed by atoms with Crippen molar-refractivity contribution in [3.8, 4) is 11.5 Å². The average molecular weight is 414 g/mol. The normalized spacial score (nSPS) is 14.8. The summed E-state index contributed by atoms with van der Waals surface area (Å²) in [5, 5.41) is 8.53. The van der Waals surface area contributed by atoms with Crippen LogP contribution in [0.25, 0.3) is 0 Å². The number of nitrogens with zero attached hydrogens (tertiary/aromatic N) is 1. The molecule has 2 aromatic carbocycles. The van der Waals surface area contributed by atoms with E-state index >= 15 is 0 Å². The van der Waals surface area contributed by atoms with Gasteiger partial charge in [0.1, 0.15) is 11.5 Å². The Balaban J connectivity index is 1.50. The number of hydrogen-bond donors (Lipinski definition) is 3. The molecule has 0 aliphatic carbocycles. The molecule has 1 aliphatic heterocycles. The van der Waals surface area contributed by atoms with E-state index in [-0.39, 0.29) is 18.4 Å². The average Bonchev–Trinajstić information content (AvgIpc) is 2.79. The van der Waals surface area contributed by atoms with Crippen LogP contribution in [0.3, 0.4) is 0 Å². The molecule has 8 nitrogen and oxygen atoms in total. The smallest absolute Gasteiger partial charge is 0.281 e. The lowest BCUT2D eigenvalue weighted by molar-refractivity contribution is -0.405.